The van der Waals surface area contributed by atoms with Gasteiger partial charge in [0.15, 0.2) is 11.5 Å². The van der Waals surface area contributed by atoms with Crippen LogP contribution >= 0.6 is 10.7 Å². The molecule has 9 nitrogen and oxygen atoms in total. The fraction of sp³-hybridized carbons (Fsp3) is 0.235. The maximum absolute atomic E-state index is 12.2. The van der Waals surface area contributed by atoms with Gasteiger partial charge in [0, 0.05) is 41.0 Å². The Morgan fingerprint density at radius 2 is 1.82 bits per heavy atom. The fourth-order valence-electron chi connectivity index (χ4n) is 2.50. The molecule has 1 amide bonds. The Hall–Kier alpha value is -2.85. The van der Waals surface area contributed by atoms with Crippen LogP contribution in [0.15, 0.2) is 41.3 Å². The number of nitrogens with one attached hydrogen (secondary N) is 1. The molecule has 0 bridgehead atoms. The van der Waals surface area contributed by atoms with E-state index in [2.05, 4.69) is 5.32 Å². The van der Waals surface area contributed by atoms with E-state index in [9.17, 15) is 23.3 Å². The monoisotopic (exact) mass is 428 g/mol. The van der Waals surface area contributed by atoms with Crippen LogP contribution in [-0.2, 0) is 15.5 Å². The van der Waals surface area contributed by atoms with Gasteiger partial charge in [0.2, 0.25) is 0 Å². The zero-order valence-electron chi connectivity index (χ0n) is 15.0. The van der Waals surface area contributed by atoms with Gasteiger partial charge in [-0.15, -0.1) is 0 Å². The molecule has 2 aromatic carbocycles. The minimum atomic E-state index is -4.06. The first-order valence-corrected chi connectivity index (χ1v) is 10.2. The molecule has 0 aliphatic rings. The number of carbonyl (C=O) groups is 1. The number of hydrogen-bond acceptors (Lipinski definition) is 7. The average molecular weight is 429 g/mol. The molecule has 0 atom stereocenters. The molecule has 1 N–H and O–H groups in total. The number of amides is 1. The zero-order chi connectivity index (χ0) is 20.9. The first-order valence-electron chi connectivity index (χ1n) is 7.89. The van der Waals surface area contributed by atoms with E-state index in [-0.39, 0.29) is 34.9 Å². The lowest BCUT2D eigenvalue weighted by molar-refractivity contribution is -0.384. The molecular weight excluding hydrogens is 412 g/mol. The van der Waals surface area contributed by atoms with Gasteiger partial charge in [0.05, 0.1) is 24.0 Å². The number of benzene rings is 2. The van der Waals surface area contributed by atoms with Gasteiger partial charge in [0.1, 0.15) is 0 Å². The van der Waals surface area contributed by atoms with E-state index >= 15 is 0 Å². The maximum atomic E-state index is 12.2. The van der Waals surface area contributed by atoms with Gasteiger partial charge < -0.3 is 14.8 Å². The van der Waals surface area contributed by atoms with Gasteiger partial charge in [-0.05, 0) is 24.1 Å². The van der Waals surface area contributed by atoms with Gasteiger partial charge >= 0.3 is 0 Å². The van der Waals surface area contributed by atoms with E-state index in [1.165, 1.54) is 44.6 Å². The van der Waals surface area contributed by atoms with E-state index < -0.39 is 19.9 Å². The Morgan fingerprint density at radius 3 is 2.39 bits per heavy atom. The van der Waals surface area contributed by atoms with Crippen molar-refractivity contribution in [3.63, 3.8) is 0 Å². The van der Waals surface area contributed by atoms with Crippen molar-refractivity contribution >= 4 is 31.3 Å². The van der Waals surface area contributed by atoms with Crippen LogP contribution in [0.1, 0.15) is 15.9 Å². The molecule has 2 aromatic rings. The minimum absolute atomic E-state index is 0.0659. The van der Waals surface area contributed by atoms with Gasteiger partial charge in [-0.1, -0.05) is 6.07 Å². The Bertz CT molecular complexity index is 1010. The number of hydrogen-bond donors (Lipinski definition) is 1. The molecule has 0 spiro atoms. The highest BCUT2D eigenvalue weighted by Crippen LogP contribution is 2.34. The molecule has 0 aliphatic heterocycles. The van der Waals surface area contributed by atoms with Crippen LogP contribution in [-0.4, -0.2) is 40.0 Å². The van der Waals surface area contributed by atoms with Gasteiger partial charge in [-0.2, -0.15) is 0 Å². The summed E-state index contributed by atoms with van der Waals surface area (Å²) in [6, 6.07) is 7.98. The van der Waals surface area contributed by atoms with Crippen LogP contribution in [0.25, 0.3) is 0 Å². The molecule has 0 aliphatic carbocycles. The number of halogens is 1. The van der Waals surface area contributed by atoms with Crippen molar-refractivity contribution in [3.8, 4) is 11.5 Å². The first-order chi connectivity index (χ1) is 13.2. The summed E-state index contributed by atoms with van der Waals surface area (Å²) in [5, 5.41) is 13.4. The summed E-state index contributed by atoms with van der Waals surface area (Å²) in [6.07, 6.45) is 0.127. The smallest absolute Gasteiger partial charge is 0.270 e. The topological polar surface area (TPSA) is 125 Å². The normalized spacial score (nSPS) is 11.0. The molecule has 11 heteroatoms. The molecular formula is C17H17ClN2O7S. The average Bonchev–Trinajstić information content (AvgIpc) is 2.66. The lowest BCUT2D eigenvalue weighted by atomic mass is 10.1. The third kappa shape index (κ3) is 5.11. The highest BCUT2D eigenvalue weighted by Gasteiger charge is 2.20. The van der Waals surface area contributed by atoms with Crippen LogP contribution in [0, 0.1) is 10.1 Å². The standard InChI is InChI=1S/C17H17ClN2O7S/c1-26-14-9-11(16(28(18,24)25)10-15(14)27-2)6-7-19-17(21)12-4-3-5-13(8-12)20(22)23/h3-5,8-10H,6-7H2,1-2H3,(H,19,21). The van der Waals surface area contributed by atoms with Crippen molar-refractivity contribution in [2.45, 2.75) is 11.3 Å². The van der Waals surface area contributed by atoms with Crippen LogP contribution < -0.4 is 14.8 Å². The number of rotatable bonds is 8. The molecule has 0 aromatic heterocycles. The number of carbonyl (C=O) groups excluding carboxylic acids is 1. The summed E-state index contributed by atoms with van der Waals surface area (Å²) < 4.78 is 34.0. The van der Waals surface area contributed by atoms with Crippen molar-refractivity contribution in [3.05, 3.63) is 57.6 Å². The van der Waals surface area contributed by atoms with Crippen LogP contribution in [0.3, 0.4) is 0 Å². The molecule has 0 radical (unpaired) electrons. The van der Waals surface area contributed by atoms with Crippen LogP contribution in [0.2, 0.25) is 0 Å². The Balaban J connectivity index is 2.19. The number of ether oxygens (including phenoxy) is 2. The number of non-ortho nitro benzene ring substituents is 1. The predicted octanol–water partition coefficient (Wildman–Crippen LogP) is 2.51. The minimum Gasteiger partial charge on any atom is -0.493 e. The van der Waals surface area contributed by atoms with Crippen molar-refractivity contribution in [1.82, 2.24) is 5.32 Å². The second-order valence-corrected chi connectivity index (χ2v) is 8.10. The lowest BCUT2D eigenvalue weighted by Crippen LogP contribution is -2.26. The molecule has 2 rings (SSSR count). The molecule has 0 saturated carbocycles. The van der Waals surface area contributed by atoms with Gasteiger partial charge in [-0.25, -0.2) is 8.42 Å². The Kier molecular flexibility index (Phi) is 6.81. The third-order valence-electron chi connectivity index (χ3n) is 3.83. The largest absolute Gasteiger partial charge is 0.493 e. The van der Waals surface area contributed by atoms with E-state index in [0.717, 1.165) is 6.07 Å². The molecule has 0 saturated heterocycles. The predicted molar refractivity (Wildman–Crippen MR) is 102 cm³/mol. The lowest BCUT2D eigenvalue weighted by Gasteiger charge is -2.13. The third-order valence-corrected chi connectivity index (χ3v) is 5.23. The zero-order valence-corrected chi connectivity index (χ0v) is 16.5. The number of nitrogens with zero attached hydrogens (tertiary/aromatic N) is 1. The van der Waals surface area contributed by atoms with Gasteiger partial charge in [-0.3, -0.25) is 14.9 Å². The van der Waals surface area contributed by atoms with Crippen LogP contribution in [0.4, 0.5) is 5.69 Å². The summed E-state index contributed by atoms with van der Waals surface area (Å²) in [5.74, 6) is -0.0165. The summed E-state index contributed by atoms with van der Waals surface area (Å²) in [5.41, 5.74) is 0.238. The Morgan fingerprint density at radius 1 is 1.18 bits per heavy atom. The molecule has 0 unspecified atom stereocenters. The van der Waals surface area contributed by atoms with Crippen molar-refractivity contribution in [2.75, 3.05) is 20.8 Å². The summed E-state index contributed by atoms with van der Waals surface area (Å²) in [7, 11) is 4.20. The van der Waals surface area contributed by atoms with E-state index in [0.29, 0.717) is 11.3 Å². The molecule has 28 heavy (non-hydrogen) atoms. The second-order valence-electron chi connectivity index (χ2n) is 5.57. The number of methoxy groups -OCH3 is 2. The Labute approximate surface area is 165 Å². The highest BCUT2D eigenvalue weighted by molar-refractivity contribution is 8.13. The molecule has 150 valence electrons. The van der Waals surface area contributed by atoms with Gasteiger partial charge in [0.25, 0.3) is 20.6 Å². The second kappa shape index (κ2) is 8.89. The van der Waals surface area contributed by atoms with Crippen molar-refractivity contribution in [2.24, 2.45) is 0 Å². The summed E-state index contributed by atoms with van der Waals surface area (Å²) in [6.45, 7) is 0.0659. The quantitative estimate of drug-likeness (QED) is 0.389. The summed E-state index contributed by atoms with van der Waals surface area (Å²) in [4.78, 5) is 22.2. The first kappa shape index (κ1) is 21.5. The van der Waals surface area contributed by atoms with E-state index in [4.69, 9.17) is 20.2 Å². The molecule has 0 fully saturated rings. The van der Waals surface area contributed by atoms with E-state index in [1.54, 1.807) is 0 Å². The van der Waals surface area contributed by atoms with E-state index in [1.807, 2.05) is 0 Å². The number of nitro benzene ring substituents is 1. The molecule has 0 heterocycles. The van der Waals surface area contributed by atoms with Crippen molar-refractivity contribution in [1.29, 1.82) is 0 Å². The van der Waals surface area contributed by atoms with Crippen molar-refractivity contribution < 1.29 is 27.6 Å². The van der Waals surface area contributed by atoms with Crippen LogP contribution in [0.5, 0.6) is 11.5 Å². The fourth-order valence-corrected chi connectivity index (χ4v) is 3.65. The SMILES string of the molecule is COc1cc(CCNC(=O)c2cccc([N+](=O)[O-])c2)c(S(=O)(=O)Cl)cc1OC. The summed E-state index contributed by atoms with van der Waals surface area (Å²) >= 11 is 0. The number of nitro groups is 1. The maximum Gasteiger partial charge on any atom is 0.270 e. The highest BCUT2D eigenvalue weighted by atomic mass is 35.7.